The second-order valence-corrected chi connectivity index (χ2v) is 5.32. The molecule has 1 aliphatic heterocycles. The van der Waals surface area contributed by atoms with E-state index in [4.69, 9.17) is 27.9 Å². The number of ether oxygens (including phenoxy) is 1. The summed E-state index contributed by atoms with van der Waals surface area (Å²) in [7, 11) is 0. The van der Waals surface area contributed by atoms with Crippen molar-refractivity contribution in [3.05, 3.63) is 52.7 Å². The SMILES string of the molecule is ClCc1cc(N2CCOc3ccccc3C2)ncc1Cl. The third kappa shape index (κ3) is 2.69. The largest absolute Gasteiger partial charge is 0.491 e. The highest BCUT2D eigenvalue weighted by atomic mass is 35.5. The predicted octanol–water partition coefficient (Wildman–Crippen LogP) is 3.87. The highest BCUT2D eigenvalue weighted by molar-refractivity contribution is 6.32. The molecule has 0 amide bonds. The minimum absolute atomic E-state index is 0.384. The second kappa shape index (κ2) is 5.90. The molecule has 0 saturated heterocycles. The number of anilines is 1. The van der Waals surface area contributed by atoms with Gasteiger partial charge in [0.1, 0.15) is 18.2 Å². The molecule has 2 heterocycles. The Kier molecular flexibility index (Phi) is 3.99. The summed E-state index contributed by atoms with van der Waals surface area (Å²) in [5.41, 5.74) is 2.06. The van der Waals surface area contributed by atoms with Gasteiger partial charge in [-0.05, 0) is 17.7 Å². The van der Waals surface area contributed by atoms with Crippen LogP contribution in [0.3, 0.4) is 0 Å². The highest BCUT2D eigenvalue weighted by Crippen LogP contribution is 2.27. The lowest BCUT2D eigenvalue weighted by molar-refractivity contribution is 0.331. The molecular weight excluding hydrogens is 295 g/mol. The number of alkyl halides is 1. The molecule has 5 heteroatoms. The first-order valence-corrected chi connectivity index (χ1v) is 7.35. The van der Waals surface area contributed by atoms with Crippen molar-refractivity contribution in [1.82, 2.24) is 4.98 Å². The first kappa shape index (κ1) is 13.5. The number of aromatic nitrogens is 1. The minimum Gasteiger partial charge on any atom is -0.491 e. The monoisotopic (exact) mass is 308 g/mol. The average molecular weight is 309 g/mol. The fraction of sp³-hybridized carbons (Fsp3) is 0.267. The van der Waals surface area contributed by atoms with Crippen molar-refractivity contribution in [2.75, 3.05) is 18.1 Å². The Hall–Kier alpha value is -1.45. The lowest BCUT2D eigenvalue weighted by Crippen LogP contribution is -2.26. The van der Waals surface area contributed by atoms with Crippen LogP contribution in [0.5, 0.6) is 5.75 Å². The zero-order valence-corrected chi connectivity index (χ0v) is 12.4. The van der Waals surface area contributed by atoms with Crippen LogP contribution in [0.25, 0.3) is 0 Å². The predicted molar refractivity (Wildman–Crippen MR) is 81.8 cm³/mol. The number of rotatable bonds is 2. The molecule has 0 spiro atoms. The number of benzene rings is 1. The van der Waals surface area contributed by atoms with Crippen LogP contribution in [0.15, 0.2) is 36.5 Å². The van der Waals surface area contributed by atoms with Gasteiger partial charge in [0.2, 0.25) is 0 Å². The summed E-state index contributed by atoms with van der Waals surface area (Å²) >= 11 is 12.0. The Balaban J connectivity index is 1.91. The van der Waals surface area contributed by atoms with Crippen molar-refractivity contribution >= 4 is 29.0 Å². The molecule has 3 nitrogen and oxygen atoms in total. The maximum Gasteiger partial charge on any atom is 0.129 e. The molecule has 0 saturated carbocycles. The van der Waals surface area contributed by atoms with Gasteiger partial charge in [-0.15, -0.1) is 11.6 Å². The summed E-state index contributed by atoms with van der Waals surface area (Å²) in [4.78, 5) is 6.58. The summed E-state index contributed by atoms with van der Waals surface area (Å²) in [6, 6.07) is 10.0. The Morgan fingerprint density at radius 1 is 1.30 bits per heavy atom. The van der Waals surface area contributed by atoms with Gasteiger partial charge in [0.05, 0.1) is 11.6 Å². The van der Waals surface area contributed by atoms with Gasteiger partial charge in [0.15, 0.2) is 0 Å². The van der Waals surface area contributed by atoms with E-state index in [1.54, 1.807) is 6.20 Å². The molecule has 0 N–H and O–H groups in total. The molecule has 1 aliphatic rings. The summed E-state index contributed by atoms with van der Waals surface area (Å²) in [6.07, 6.45) is 1.66. The Bertz CT molecular complexity index is 619. The van der Waals surface area contributed by atoms with Crippen molar-refractivity contribution in [2.24, 2.45) is 0 Å². The van der Waals surface area contributed by atoms with E-state index < -0.39 is 0 Å². The Labute approximate surface area is 128 Å². The first-order chi connectivity index (χ1) is 9.78. The van der Waals surface area contributed by atoms with E-state index >= 15 is 0 Å². The number of para-hydroxylation sites is 1. The number of nitrogens with zero attached hydrogens (tertiary/aromatic N) is 2. The van der Waals surface area contributed by atoms with Gasteiger partial charge < -0.3 is 9.64 Å². The first-order valence-electron chi connectivity index (χ1n) is 6.44. The van der Waals surface area contributed by atoms with Crippen molar-refractivity contribution in [3.63, 3.8) is 0 Å². The third-order valence-corrected chi connectivity index (χ3v) is 3.97. The lowest BCUT2D eigenvalue weighted by Gasteiger charge is -2.21. The van der Waals surface area contributed by atoms with E-state index in [2.05, 4.69) is 16.0 Å². The van der Waals surface area contributed by atoms with Crippen LogP contribution in [0.1, 0.15) is 11.1 Å². The third-order valence-electron chi connectivity index (χ3n) is 3.34. The quantitative estimate of drug-likeness (QED) is 0.787. The minimum atomic E-state index is 0.384. The maximum absolute atomic E-state index is 6.06. The van der Waals surface area contributed by atoms with E-state index in [0.717, 1.165) is 35.8 Å². The fourth-order valence-corrected chi connectivity index (χ4v) is 2.72. The maximum atomic E-state index is 6.06. The Morgan fingerprint density at radius 2 is 2.15 bits per heavy atom. The molecule has 0 aliphatic carbocycles. The van der Waals surface area contributed by atoms with Crippen LogP contribution >= 0.6 is 23.2 Å². The lowest BCUT2D eigenvalue weighted by atomic mass is 10.2. The molecule has 1 aromatic heterocycles. The van der Waals surface area contributed by atoms with Crippen LogP contribution in [-0.2, 0) is 12.4 Å². The number of fused-ring (bicyclic) bond motifs is 1. The number of halogens is 2. The van der Waals surface area contributed by atoms with Gasteiger partial charge in [-0.25, -0.2) is 4.98 Å². The van der Waals surface area contributed by atoms with Crippen molar-refractivity contribution in [3.8, 4) is 5.75 Å². The molecule has 20 heavy (non-hydrogen) atoms. The Morgan fingerprint density at radius 3 is 3.00 bits per heavy atom. The smallest absolute Gasteiger partial charge is 0.129 e. The van der Waals surface area contributed by atoms with Crippen LogP contribution < -0.4 is 9.64 Å². The van der Waals surface area contributed by atoms with Crippen LogP contribution in [0.4, 0.5) is 5.82 Å². The zero-order chi connectivity index (χ0) is 13.9. The van der Waals surface area contributed by atoms with E-state index in [0.29, 0.717) is 17.5 Å². The molecular formula is C15H14Cl2N2O. The summed E-state index contributed by atoms with van der Waals surface area (Å²) in [5.74, 6) is 2.21. The molecule has 0 fully saturated rings. The van der Waals surface area contributed by atoms with Gasteiger partial charge in [-0.1, -0.05) is 29.8 Å². The molecule has 0 radical (unpaired) electrons. The van der Waals surface area contributed by atoms with E-state index in [9.17, 15) is 0 Å². The second-order valence-electron chi connectivity index (χ2n) is 4.65. The van der Waals surface area contributed by atoms with E-state index in [1.807, 2.05) is 24.3 Å². The topological polar surface area (TPSA) is 25.4 Å². The van der Waals surface area contributed by atoms with Crippen LogP contribution in [0, 0.1) is 0 Å². The standard InChI is InChI=1S/C15H14Cl2N2O/c16-8-12-7-15(18-9-13(12)17)19-5-6-20-14-4-2-1-3-11(14)10-19/h1-4,7,9H,5-6,8,10H2. The van der Waals surface area contributed by atoms with Crippen molar-refractivity contribution in [1.29, 1.82) is 0 Å². The van der Waals surface area contributed by atoms with Crippen LogP contribution in [0.2, 0.25) is 5.02 Å². The molecule has 0 unspecified atom stereocenters. The highest BCUT2D eigenvalue weighted by Gasteiger charge is 2.17. The number of pyridine rings is 1. The van der Waals surface area contributed by atoms with Gasteiger partial charge in [0.25, 0.3) is 0 Å². The molecule has 104 valence electrons. The summed E-state index contributed by atoms with van der Waals surface area (Å²) < 4.78 is 5.76. The van der Waals surface area contributed by atoms with E-state index in [-0.39, 0.29) is 0 Å². The van der Waals surface area contributed by atoms with Crippen LogP contribution in [-0.4, -0.2) is 18.1 Å². The van der Waals surface area contributed by atoms with Crippen molar-refractivity contribution < 1.29 is 4.74 Å². The molecule has 0 bridgehead atoms. The average Bonchev–Trinajstić information content (AvgIpc) is 2.70. The van der Waals surface area contributed by atoms with Gasteiger partial charge in [-0.2, -0.15) is 0 Å². The van der Waals surface area contributed by atoms with Gasteiger partial charge in [-0.3, -0.25) is 0 Å². The number of hydrogen-bond acceptors (Lipinski definition) is 3. The number of hydrogen-bond donors (Lipinski definition) is 0. The fourth-order valence-electron chi connectivity index (χ4n) is 2.26. The molecule has 1 aromatic carbocycles. The van der Waals surface area contributed by atoms with Crippen molar-refractivity contribution in [2.45, 2.75) is 12.4 Å². The van der Waals surface area contributed by atoms with Gasteiger partial charge >= 0.3 is 0 Å². The molecule has 3 rings (SSSR count). The summed E-state index contributed by atoms with van der Waals surface area (Å²) in [5, 5.41) is 0.607. The zero-order valence-electron chi connectivity index (χ0n) is 10.9. The normalized spacial score (nSPS) is 14.4. The molecule has 2 aromatic rings. The molecule has 0 atom stereocenters. The van der Waals surface area contributed by atoms with E-state index in [1.165, 1.54) is 0 Å². The van der Waals surface area contributed by atoms with Gasteiger partial charge in [0, 0.05) is 24.2 Å². The summed E-state index contributed by atoms with van der Waals surface area (Å²) in [6.45, 7) is 2.19.